The van der Waals surface area contributed by atoms with Crippen molar-refractivity contribution in [2.45, 2.75) is 5.60 Å². The van der Waals surface area contributed by atoms with E-state index in [1.54, 1.807) is 0 Å². The van der Waals surface area contributed by atoms with Crippen molar-refractivity contribution in [3.8, 4) is 0 Å². The highest BCUT2D eigenvalue weighted by molar-refractivity contribution is 6.31. The average Bonchev–Trinajstić information content (AvgIpc) is 2.36. The first kappa shape index (κ1) is 12.2. The zero-order valence-corrected chi connectivity index (χ0v) is 10.8. The van der Waals surface area contributed by atoms with Crippen LogP contribution < -0.4 is 4.90 Å². The van der Waals surface area contributed by atoms with Crippen LogP contribution in [-0.2, 0) is 15.1 Å². The molecule has 2 heterocycles. The molecule has 1 N–H and O–H groups in total. The smallest absolute Gasteiger partial charge is 0.136 e. The summed E-state index contributed by atoms with van der Waals surface area (Å²) in [5.74, 6) is 0. The summed E-state index contributed by atoms with van der Waals surface area (Å²) in [6, 6.07) is 5.74. The summed E-state index contributed by atoms with van der Waals surface area (Å²) in [5, 5.41) is 10.9. The molecule has 0 aromatic heterocycles. The molecule has 0 spiro atoms. The summed E-state index contributed by atoms with van der Waals surface area (Å²) < 4.78 is 10.4. The van der Waals surface area contributed by atoms with Gasteiger partial charge in [0.25, 0.3) is 0 Å². The summed E-state index contributed by atoms with van der Waals surface area (Å²) in [7, 11) is 0. The molecular weight excluding hydrogens is 254 g/mol. The Balaban J connectivity index is 1.90. The van der Waals surface area contributed by atoms with E-state index in [-0.39, 0.29) is 0 Å². The van der Waals surface area contributed by atoms with Crippen molar-refractivity contribution in [2.24, 2.45) is 0 Å². The Morgan fingerprint density at radius 3 is 2.44 bits per heavy atom. The molecule has 18 heavy (non-hydrogen) atoms. The zero-order chi connectivity index (χ0) is 12.6. The topological polar surface area (TPSA) is 41.9 Å². The Morgan fingerprint density at radius 1 is 1.11 bits per heavy atom. The lowest BCUT2D eigenvalue weighted by atomic mass is 9.91. The second-order valence-corrected chi connectivity index (χ2v) is 5.26. The van der Waals surface area contributed by atoms with E-state index in [0.717, 1.165) is 37.6 Å². The normalized spacial score (nSPS) is 22.7. The second-order valence-electron chi connectivity index (χ2n) is 4.82. The van der Waals surface area contributed by atoms with Crippen LogP contribution in [0.2, 0.25) is 5.02 Å². The van der Waals surface area contributed by atoms with E-state index < -0.39 is 5.60 Å². The van der Waals surface area contributed by atoms with Gasteiger partial charge in [-0.05, 0) is 23.8 Å². The highest BCUT2D eigenvalue weighted by Crippen LogP contribution is 2.34. The van der Waals surface area contributed by atoms with Crippen molar-refractivity contribution in [3.63, 3.8) is 0 Å². The molecule has 0 bridgehead atoms. The van der Waals surface area contributed by atoms with Gasteiger partial charge in [-0.1, -0.05) is 11.6 Å². The Bertz CT molecular complexity index is 442. The minimum absolute atomic E-state index is 0.343. The quantitative estimate of drug-likeness (QED) is 0.881. The number of halogens is 1. The Hall–Kier alpha value is -0.810. The lowest BCUT2D eigenvalue weighted by Gasteiger charge is -2.38. The Morgan fingerprint density at radius 2 is 1.83 bits per heavy atom. The number of anilines is 1. The molecule has 0 saturated carbocycles. The first-order valence-corrected chi connectivity index (χ1v) is 6.49. The first-order chi connectivity index (χ1) is 8.67. The molecule has 3 rings (SSSR count). The van der Waals surface area contributed by atoms with Crippen LogP contribution in [0.4, 0.5) is 5.69 Å². The molecule has 5 heteroatoms. The minimum Gasteiger partial charge on any atom is -0.380 e. The number of hydrogen-bond donors (Lipinski definition) is 1. The summed E-state index contributed by atoms with van der Waals surface area (Å²) in [5.41, 5.74) is 1.01. The van der Waals surface area contributed by atoms with Crippen molar-refractivity contribution < 1.29 is 14.6 Å². The number of nitrogens with zero attached hydrogens (tertiary/aromatic N) is 1. The summed E-state index contributed by atoms with van der Waals surface area (Å²) >= 11 is 6.15. The molecule has 1 aromatic carbocycles. The van der Waals surface area contributed by atoms with Crippen molar-refractivity contribution in [3.05, 3.63) is 28.8 Å². The number of rotatable bonds is 2. The van der Waals surface area contributed by atoms with Crippen LogP contribution in [0.3, 0.4) is 0 Å². The largest absolute Gasteiger partial charge is 0.380 e. The molecule has 1 aromatic rings. The molecule has 0 amide bonds. The van der Waals surface area contributed by atoms with Gasteiger partial charge in [0, 0.05) is 23.8 Å². The molecule has 2 saturated heterocycles. The SMILES string of the molecule is OC1(c2cc(Cl)cc(N3CCOCC3)c2)COC1. The fraction of sp³-hybridized carbons (Fsp3) is 0.538. The Labute approximate surface area is 111 Å². The third kappa shape index (κ3) is 2.21. The monoisotopic (exact) mass is 269 g/mol. The van der Waals surface area contributed by atoms with Gasteiger partial charge >= 0.3 is 0 Å². The molecule has 2 aliphatic heterocycles. The van der Waals surface area contributed by atoms with E-state index in [0.29, 0.717) is 18.2 Å². The standard InChI is InChI=1S/C13H16ClNO3/c14-11-5-10(13(16)8-18-9-13)6-12(7-11)15-1-3-17-4-2-15/h5-7,16H,1-4,8-9H2. The first-order valence-electron chi connectivity index (χ1n) is 6.11. The molecule has 2 aliphatic rings. The molecule has 0 aliphatic carbocycles. The zero-order valence-electron chi connectivity index (χ0n) is 10.1. The van der Waals surface area contributed by atoms with Crippen LogP contribution in [-0.4, -0.2) is 44.6 Å². The van der Waals surface area contributed by atoms with Gasteiger partial charge in [0.2, 0.25) is 0 Å². The summed E-state index contributed by atoms with van der Waals surface area (Å²) in [4.78, 5) is 2.22. The number of aliphatic hydroxyl groups is 1. The molecule has 2 fully saturated rings. The predicted octanol–water partition coefficient (Wildman–Crippen LogP) is 1.39. The lowest BCUT2D eigenvalue weighted by molar-refractivity contribution is -0.184. The van der Waals surface area contributed by atoms with E-state index in [1.807, 2.05) is 18.2 Å². The van der Waals surface area contributed by atoms with Gasteiger partial charge in [0.15, 0.2) is 0 Å². The van der Waals surface area contributed by atoms with Crippen LogP contribution in [0.5, 0.6) is 0 Å². The highest BCUT2D eigenvalue weighted by Gasteiger charge is 2.38. The highest BCUT2D eigenvalue weighted by atomic mass is 35.5. The average molecular weight is 270 g/mol. The van der Waals surface area contributed by atoms with Gasteiger partial charge in [-0.2, -0.15) is 0 Å². The maximum atomic E-state index is 10.3. The van der Waals surface area contributed by atoms with Crippen molar-refractivity contribution in [1.29, 1.82) is 0 Å². The summed E-state index contributed by atoms with van der Waals surface area (Å²) in [6.45, 7) is 3.86. The number of hydrogen-bond acceptors (Lipinski definition) is 4. The van der Waals surface area contributed by atoms with Gasteiger partial charge in [-0.15, -0.1) is 0 Å². The number of benzene rings is 1. The maximum absolute atomic E-state index is 10.3. The van der Waals surface area contributed by atoms with Gasteiger partial charge in [-0.3, -0.25) is 0 Å². The summed E-state index contributed by atoms with van der Waals surface area (Å²) in [6.07, 6.45) is 0. The van der Waals surface area contributed by atoms with Crippen LogP contribution in [0.15, 0.2) is 18.2 Å². The predicted molar refractivity (Wildman–Crippen MR) is 69.2 cm³/mol. The second kappa shape index (κ2) is 4.70. The molecule has 4 nitrogen and oxygen atoms in total. The minimum atomic E-state index is -0.869. The van der Waals surface area contributed by atoms with Crippen LogP contribution >= 0.6 is 11.6 Å². The van der Waals surface area contributed by atoms with Gasteiger partial charge < -0.3 is 19.5 Å². The Kier molecular flexibility index (Phi) is 3.20. The van der Waals surface area contributed by atoms with E-state index in [1.165, 1.54) is 0 Å². The molecule has 0 radical (unpaired) electrons. The van der Waals surface area contributed by atoms with E-state index in [9.17, 15) is 5.11 Å². The lowest BCUT2D eigenvalue weighted by Crippen LogP contribution is -2.46. The third-order valence-corrected chi connectivity index (χ3v) is 3.70. The van der Waals surface area contributed by atoms with Gasteiger partial charge in [-0.25, -0.2) is 0 Å². The van der Waals surface area contributed by atoms with Crippen LogP contribution in [0, 0.1) is 0 Å². The fourth-order valence-corrected chi connectivity index (χ4v) is 2.54. The fourth-order valence-electron chi connectivity index (χ4n) is 2.31. The molecular formula is C13H16ClNO3. The maximum Gasteiger partial charge on any atom is 0.136 e. The van der Waals surface area contributed by atoms with Gasteiger partial charge in [0.05, 0.1) is 26.4 Å². The van der Waals surface area contributed by atoms with Crippen LogP contribution in [0.1, 0.15) is 5.56 Å². The van der Waals surface area contributed by atoms with E-state index in [4.69, 9.17) is 21.1 Å². The van der Waals surface area contributed by atoms with Crippen molar-refractivity contribution in [1.82, 2.24) is 0 Å². The molecule has 98 valence electrons. The third-order valence-electron chi connectivity index (χ3n) is 3.48. The molecule has 0 unspecified atom stereocenters. The van der Waals surface area contributed by atoms with Crippen LogP contribution in [0.25, 0.3) is 0 Å². The van der Waals surface area contributed by atoms with Crippen molar-refractivity contribution >= 4 is 17.3 Å². The number of morpholine rings is 1. The number of ether oxygens (including phenoxy) is 2. The molecule has 0 atom stereocenters. The van der Waals surface area contributed by atoms with Crippen molar-refractivity contribution in [2.75, 3.05) is 44.4 Å². The van der Waals surface area contributed by atoms with E-state index in [2.05, 4.69) is 4.90 Å². The van der Waals surface area contributed by atoms with E-state index >= 15 is 0 Å². The van der Waals surface area contributed by atoms with Gasteiger partial charge in [0.1, 0.15) is 5.60 Å².